The van der Waals surface area contributed by atoms with E-state index in [1.807, 2.05) is 87.7 Å². The van der Waals surface area contributed by atoms with Crippen LogP contribution in [0.5, 0.6) is 0 Å². The number of nitrogens with zero attached hydrogens (tertiary/aromatic N) is 3. The first-order valence-electron chi connectivity index (χ1n) is 11.5. The largest absolute Gasteiger partial charge is 0.455 e. The summed E-state index contributed by atoms with van der Waals surface area (Å²) in [6.07, 6.45) is 0.303. The summed E-state index contributed by atoms with van der Waals surface area (Å²) in [7, 11) is 3.73. The van der Waals surface area contributed by atoms with Gasteiger partial charge in [0.25, 0.3) is 0 Å². The van der Waals surface area contributed by atoms with E-state index in [1.165, 1.54) is 0 Å². The third kappa shape index (κ3) is 5.16. The van der Waals surface area contributed by atoms with Crippen molar-refractivity contribution in [1.82, 2.24) is 9.55 Å². The molecule has 2 aromatic heterocycles. The van der Waals surface area contributed by atoms with Crippen LogP contribution in [0.3, 0.4) is 0 Å². The van der Waals surface area contributed by atoms with Crippen molar-refractivity contribution in [3.63, 3.8) is 0 Å². The second-order valence-corrected chi connectivity index (χ2v) is 10.5. The van der Waals surface area contributed by atoms with Gasteiger partial charge in [-0.15, -0.1) is 0 Å². The Morgan fingerprint density at radius 2 is 1.94 bits per heavy atom. The maximum atomic E-state index is 12.4. The number of imidazole rings is 1. The lowest BCUT2D eigenvalue weighted by Crippen LogP contribution is -2.27. The molecule has 0 atom stereocenters. The number of benzene rings is 2. The molecule has 0 bridgehead atoms. The van der Waals surface area contributed by atoms with E-state index in [1.54, 1.807) is 6.07 Å². The lowest BCUT2D eigenvalue weighted by Gasteiger charge is -2.20. The molecule has 8 nitrogen and oxygen atoms in total. The van der Waals surface area contributed by atoms with E-state index in [0.29, 0.717) is 35.1 Å². The van der Waals surface area contributed by atoms with E-state index in [4.69, 9.17) is 9.15 Å². The minimum Gasteiger partial charge on any atom is -0.455 e. The first kappa shape index (κ1) is 25.5. The highest BCUT2D eigenvalue weighted by atomic mass is 79.9. The van der Waals surface area contributed by atoms with Gasteiger partial charge < -0.3 is 18.6 Å². The fourth-order valence-electron chi connectivity index (χ4n) is 3.98. The van der Waals surface area contributed by atoms with E-state index in [9.17, 15) is 9.59 Å². The number of fused-ring (bicyclic) bond motifs is 1. The molecule has 9 heteroatoms. The van der Waals surface area contributed by atoms with Crippen molar-refractivity contribution in [2.45, 2.75) is 39.8 Å². The SMILES string of the molecule is Cc1nc(N(C)C)c(C=O)n1Cc1ccc2oc(-c3ccccc3NC(=O)OC(C)(C)C)c(Br)c2c1. The molecule has 0 aliphatic heterocycles. The highest BCUT2D eigenvalue weighted by Gasteiger charge is 2.21. The van der Waals surface area contributed by atoms with Gasteiger partial charge in [0.1, 0.15) is 22.7 Å². The van der Waals surface area contributed by atoms with Gasteiger partial charge in [0, 0.05) is 31.6 Å². The van der Waals surface area contributed by atoms with Crippen molar-refractivity contribution in [2.75, 3.05) is 24.3 Å². The van der Waals surface area contributed by atoms with Gasteiger partial charge in [-0.1, -0.05) is 18.2 Å². The summed E-state index contributed by atoms with van der Waals surface area (Å²) in [6, 6.07) is 13.3. The van der Waals surface area contributed by atoms with E-state index in [-0.39, 0.29) is 0 Å². The van der Waals surface area contributed by atoms with Crippen molar-refractivity contribution < 1.29 is 18.7 Å². The van der Waals surface area contributed by atoms with E-state index >= 15 is 0 Å². The molecule has 0 radical (unpaired) electrons. The predicted octanol–water partition coefficient (Wildman–Crippen LogP) is 6.64. The number of para-hydroxylation sites is 1. The second-order valence-electron chi connectivity index (χ2n) is 9.71. The van der Waals surface area contributed by atoms with Crippen molar-refractivity contribution in [1.29, 1.82) is 0 Å². The van der Waals surface area contributed by atoms with Crippen LogP contribution in [0.1, 0.15) is 42.6 Å². The van der Waals surface area contributed by atoms with Gasteiger partial charge in [-0.25, -0.2) is 9.78 Å². The number of anilines is 2. The minimum atomic E-state index is -0.611. The molecule has 4 aromatic rings. The summed E-state index contributed by atoms with van der Waals surface area (Å²) in [5.41, 5.74) is 2.90. The van der Waals surface area contributed by atoms with Crippen LogP contribution in [0.2, 0.25) is 0 Å². The molecule has 0 unspecified atom stereocenters. The predicted molar refractivity (Wildman–Crippen MR) is 145 cm³/mol. The number of nitrogens with one attached hydrogen (secondary N) is 1. The zero-order chi connectivity index (χ0) is 26.2. The monoisotopic (exact) mass is 552 g/mol. The summed E-state index contributed by atoms with van der Waals surface area (Å²) in [4.78, 5) is 30.6. The van der Waals surface area contributed by atoms with Crippen LogP contribution in [0.25, 0.3) is 22.3 Å². The van der Waals surface area contributed by atoms with Crippen LogP contribution in [-0.4, -0.2) is 41.6 Å². The molecular weight excluding hydrogens is 524 g/mol. The summed E-state index contributed by atoms with van der Waals surface area (Å²) in [5.74, 6) is 2.00. The molecule has 2 heterocycles. The lowest BCUT2D eigenvalue weighted by atomic mass is 10.1. The maximum absolute atomic E-state index is 12.4. The van der Waals surface area contributed by atoms with Crippen molar-refractivity contribution >= 4 is 50.8 Å². The first-order chi connectivity index (χ1) is 17.0. The number of hydrogen-bond donors (Lipinski definition) is 1. The molecule has 4 rings (SSSR count). The van der Waals surface area contributed by atoms with Crippen molar-refractivity contribution in [2.24, 2.45) is 0 Å². The molecule has 188 valence electrons. The van der Waals surface area contributed by atoms with Gasteiger partial charge in [0.15, 0.2) is 17.9 Å². The third-order valence-electron chi connectivity index (χ3n) is 5.55. The number of amides is 1. The molecule has 1 amide bonds. The molecular formula is C27H29BrN4O4. The molecule has 0 fully saturated rings. The van der Waals surface area contributed by atoms with Crippen molar-refractivity contribution in [3.05, 3.63) is 64.0 Å². The number of aryl methyl sites for hydroxylation is 1. The van der Waals surface area contributed by atoms with Gasteiger partial charge in [-0.2, -0.15) is 0 Å². The number of rotatable bonds is 6. The van der Waals surface area contributed by atoms with Crippen LogP contribution in [0.4, 0.5) is 16.3 Å². The molecule has 2 aromatic carbocycles. The number of carbonyl (C=O) groups is 2. The summed E-state index contributed by atoms with van der Waals surface area (Å²) >= 11 is 3.70. The second kappa shape index (κ2) is 9.81. The Hall–Kier alpha value is -3.59. The smallest absolute Gasteiger partial charge is 0.412 e. The number of furan rings is 1. The molecule has 1 N–H and O–H groups in total. The third-order valence-corrected chi connectivity index (χ3v) is 6.34. The Morgan fingerprint density at radius 3 is 2.61 bits per heavy atom. The number of aldehydes is 1. The van der Waals surface area contributed by atoms with Crippen LogP contribution in [0, 0.1) is 6.92 Å². The van der Waals surface area contributed by atoms with Gasteiger partial charge in [0.05, 0.1) is 10.2 Å². The highest BCUT2D eigenvalue weighted by Crippen LogP contribution is 2.41. The van der Waals surface area contributed by atoms with Gasteiger partial charge in [-0.3, -0.25) is 10.1 Å². The summed E-state index contributed by atoms with van der Waals surface area (Å²) < 4.78 is 14.3. The quantitative estimate of drug-likeness (QED) is 0.269. The number of ether oxygens (including phenoxy) is 1. The zero-order valence-electron chi connectivity index (χ0n) is 21.2. The van der Waals surface area contributed by atoms with Crippen LogP contribution < -0.4 is 10.2 Å². The maximum Gasteiger partial charge on any atom is 0.412 e. The zero-order valence-corrected chi connectivity index (χ0v) is 22.8. The average molecular weight is 553 g/mol. The van der Waals surface area contributed by atoms with Gasteiger partial charge in [0.2, 0.25) is 0 Å². The Labute approximate surface area is 218 Å². The van der Waals surface area contributed by atoms with Crippen molar-refractivity contribution in [3.8, 4) is 11.3 Å². The topological polar surface area (TPSA) is 89.6 Å². The number of halogens is 1. The van der Waals surface area contributed by atoms with E-state index in [0.717, 1.165) is 33.1 Å². The highest BCUT2D eigenvalue weighted by molar-refractivity contribution is 9.10. The molecule has 0 spiro atoms. The van der Waals surface area contributed by atoms with Gasteiger partial charge in [-0.05, 0) is 73.5 Å². The molecule has 0 aliphatic carbocycles. The van der Waals surface area contributed by atoms with Gasteiger partial charge >= 0.3 is 6.09 Å². The van der Waals surface area contributed by atoms with Crippen LogP contribution in [-0.2, 0) is 11.3 Å². The number of hydrogen-bond acceptors (Lipinski definition) is 6. The Bertz CT molecular complexity index is 1450. The Balaban J connectivity index is 1.70. The molecule has 0 saturated heterocycles. The Morgan fingerprint density at radius 1 is 1.22 bits per heavy atom. The first-order valence-corrected chi connectivity index (χ1v) is 12.3. The fraction of sp³-hybridized carbons (Fsp3) is 0.296. The molecule has 0 saturated carbocycles. The average Bonchev–Trinajstić information content (AvgIpc) is 3.29. The van der Waals surface area contributed by atoms with E-state index < -0.39 is 11.7 Å². The summed E-state index contributed by atoms with van der Waals surface area (Å²) in [6.45, 7) is 7.82. The molecule has 0 aliphatic rings. The van der Waals surface area contributed by atoms with Crippen LogP contribution >= 0.6 is 15.9 Å². The normalized spacial score (nSPS) is 11.5. The number of carbonyl (C=O) groups excluding carboxylic acids is 2. The summed E-state index contributed by atoms with van der Waals surface area (Å²) in [5, 5.41) is 3.70. The number of aromatic nitrogens is 2. The standard InChI is InChI=1S/C27H29BrN4O4/c1-16-29-25(31(5)6)21(15-33)32(16)14-17-11-12-22-19(13-17)23(28)24(35-22)18-9-7-8-10-20(18)30-26(34)36-27(2,3)4/h7-13,15H,14H2,1-6H3,(H,30,34). The molecule has 36 heavy (non-hydrogen) atoms. The fourth-order valence-corrected chi connectivity index (χ4v) is 4.59. The lowest BCUT2D eigenvalue weighted by molar-refractivity contribution is 0.0636. The van der Waals surface area contributed by atoms with Crippen LogP contribution in [0.15, 0.2) is 51.4 Å². The Kier molecular flexibility index (Phi) is 6.95. The minimum absolute atomic E-state index is 0.487. The van der Waals surface area contributed by atoms with E-state index in [2.05, 4.69) is 26.2 Å².